The van der Waals surface area contributed by atoms with Gasteiger partial charge < -0.3 is 18.4 Å². The third-order valence-electron chi connectivity index (χ3n) is 14.6. The molecule has 6 saturated heterocycles. The average molecular weight is 769 g/mol. The van der Waals surface area contributed by atoms with Gasteiger partial charge in [-0.05, 0) is 47.2 Å². The van der Waals surface area contributed by atoms with E-state index in [0.717, 1.165) is 95.7 Å². The van der Waals surface area contributed by atoms with Crippen molar-refractivity contribution in [3.63, 3.8) is 0 Å². The lowest BCUT2D eigenvalue weighted by atomic mass is 9.71. The van der Waals surface area contributed by atoms with Crippen molar-refractivity contribution in [2.24, 2.45) is 23.7 Å². The Morgan fingerprint density at radius 2 is 1.07 bits per heavy atom. The van der Waals surface area contributed by atoms with E-state index in [2.05, 4.69) is 110 Å². The quantitative estimate of drug-likeness (QED) is 0.0642. The van der Waals surface area contributed by atoms with Crippen LogP contribution < -0.4 is 0 Å². The van der Waals surface area contributed by atoms with Crippen LogP contribution in [0.4, 0.5) is 0 Å². The fourth-order valence-electron chi connectivity index (χ4n) is 11.8. The van der Waals surface area contributed by atoms with Crippen molar-refractivity contribution in [1.82, 2.24) is 9.97 Å². The summed E-state index contributed by atoms with van der Waals surface area (Å²) in [5.41, 5.74) is 7.11. The van der Waals surface area contributed by atoms with E-state index in [1.54, 1.807) is 0 Å². The third kappa shape index (κ3) is 6.97. The van der Waals surface area contributed by atoms with Gasteiger partial charge in [0.2, 0.25) is 0 Å². The number of terminal acetylenes is 2. The molecule has 58 heavy (non-hydrogen) atoms. The molecule has 0 spiro atoms. The van der Waals surface area contributed by atoms with Gasteiger partial charge in [0.15, 0.2) is 0 Å². The Morgan fingerprint density at radius 1 is 0.638 bits per heavy atom. The molecule has 4 bridgehead atoms. The zero-order valence-electron chi connectivity index (χ0n) is 33.7. The van der Waals surface area contributed by atoms with Crippen molar-refractivity contribution in [2.45, 2.75) is 63.1 Å². The molecule has 8 heterocycles. The summed E-state index contributed by atoms with van der Waals surface area (Å²) < 4.78 is 15.5. The summed E-state index contributed by atoms with van der Waals surface area (Å²) in [7, 11) is 0. The standard InChI is InChI=1S/C52H56N4O2/c1-5-29-57-51(45-21-25-53-47-15-11-9-13-43(45)47)49-31-41-23-27-55(49,35-39(41)7-3)33-37-17-19-38(20-18-37)34-56-28-24-42(40(8-4)36-56)32-50(56)52(58-30-6-2)46-22-26-54-48-16-12-10-14-44(46)48/h3-6,9-22,25-26,39-42,49-52H,1-2,23-24,27-36H2/q+2/t39-,40-,41-,42-,49-,50-,51+,52+,55+,56+/m0/s1. The van der Waals surface area contributed by atoms with Gasteiger partial charge in [0.1, 0.15) is 37.4 Å². The summed E-state index contributed by atoms with van der Waals surface area (Å²) in [4.78, 5) is 9.41. The highest BCUT2D eigenvalue weighted by molar-refractivity contribution is 5.83. The van der Waals surface area contributed by atoms with Crippen LogP contribution in [-0.4, -0.2) is 70.4 Å². The van der Waals surface area contributed by atoms with Crippen LogP contribution >= 0.6 is 0 Å². The van der Waals surface area contributed by atoms with Gasteiger partial charge in [0, 0.05) is 60.0 Å². The largest absolute Gasteiger partial charge is 0.363 e. The zero-order chi connectivity index (χ0) is 39.7. The van der Waals surface area contributed by atoms with E-state index in [4.69, 9.17) is 32.3 Å². The molecule has 6 aliphatic rings. The second-order valence-electron chi connectivity index (χ2n) is 17.6. The Labute approximate surface area is 344 Å². The molecular weight excluding hydrogens is 713 g/mol. The molecular formula is C52H56N4O2+2. The maximum Gasteiger partial charge on any atom is 0.135 e. The van der Waals surface area contributed by atoms with E-state index in [-0.39, 0.29) is 36.1 Å². The zero-order valence-corrected chi connectivity index (χ0v) is 33.7. The van der Waals surface area contributed by atoms with Crippen molar-refractivity contribution < 1.29 is 18.4 Å². The van der Waals surface area contributed by atoms with Crippen LogP contribution in [-0.2, 0) is 22.6 Å². The fraction of sp³-hybridized carbons (Fsp3) is 0.385. The van der Waals surface area contributed by atoms with Gasteiger partial charge in [-0.25, -0.2) is 0 Å². The molecule has 10 atom stereocenters. The van der Waals surface area contributed by atoms with Gasteiger partial charge in [0.05, 0.1) is 62.3 Å². The van der Waals surface area contributed by atoms with Gasteiger partial charge in [-0.1, -0.05) is 84.7 Å². The molecule has 6 fully saturated rings. The van der Waals surface area contributed by atoms with Crippen molar-refractivity contribution in [1.29, 1.82) is 0 Å². The highest BCUT2D eigenvalue weighted by Crippen LogP contribution is 2.50. The summed E-state index contributed by atoms with van der Waals surface area (Å²) in [5, 5.41) is 2.32. The lowest BCUT2D eigenvalue weighted by Crippen LogP contribution is -2.68. The van der Waals surface area contributed by atoms with Crippen LogP contribution in [0.3, 0.4) is 0 Å². The molecule has 0 N–H and O–H groups in total. The van der Waals surface area contributed by atoms with E-state index in [9.17, 15) is 0 Å². The van der Waals surface area contributed by atoms with Gasteiger partial charge >= 0.3 is 0 Å². The average Bonchev–Trinajstić information content (AvgIpc) is 3.27. The van der Waals surface area contributed by atoms with E-state index < -0.39 is 0 Å². The molecule has 0 aliphatic carbocycles. The Kier molecular flexibility index (Phi) is 10.8. The Morgan fingerprint density at radius 3 is 1.48 bits per heavy atom. The van der Waals surface area contributed by atoms with Crippen LogP contribution in [0.1, 0.15) is 60.1 Å². The van der Waals surface area contributed by atoms with Crippen LogP contribution in [0.15, 0.2) is 123 Å². The lowest BCUT2D eigenvalue weighted by molar-refractivity contribution is -0.985. The number of hydrogen-bond donors (Lipinski definition) is 0. The predicted octanol–water partition coefficient (Wildman–Crippen LogP) is 9.39. The molecule has 6 heteroatoms. The maximum absolute atomic E-state index is 6.82. The Bertz CT molecular complexity index is 2200. The number of pyridine rings is 2. The van der Waals surface area contributed by atoms with Gasteiger partial charge in [-0.15, -0.1) is 26.0 Å². The molecule has 0 radical (unpaired) electrons. The van der Waals surface area contributed by atoms with E-state index >= 15 is 0 Å². The van der Waals surface area contributed by atoms with Crippen LogP contribution in [0, 0.1) is 48.4 Å². The molecule has 0 amide bonds. The lowest BCUT2D eigenvalue weighted by Gasteiger charge is -2.58. The van der Waals surface area contributed by atoms with Gasteiger partial charge in [0.25, 0.3) is 0 Å². The molecule has 294 valence electrons. The monoisotopic (exact) mass is 768 g/mol. The number of quaternary nitrogens is 2. The topological polar surface area (TPSA) is 44.2 Å². The molecule has 0 unspecified atom stereocenters. The maximum atomic E-state index is 6.82. The summed E-state index contributed by atoms with van der Waals surface area (Å²) in [6, 6.07) is 31.3. The number of fused-ring (bicyclic) bond motifs is 8. The molecule has 2 aromatic heterocycles. The smallest absolute Gasteiger partial charge is 0.135 e. The number of hydrogen-bond acceptors (Lipinski definition) is 4. The fourth-order valence-corrected chi connectivity index (χ4v) is 11.8. The molecule has 6 nitrogen and oxygen atoms in total. The van der Waals surface area contributed by atoms with Crippen molar-refractivity contribution >= 4 is 21.8 Å². The van der Waals surface area contributed by atoms with Gasteiger partial charge in [-0.2, -0.15) is 0 Å². The minimum atomic E-state index is -0.0978. The van der Waals surface area contributed by atoms with Crippen molar-refractivity contribution in [2.75, 3.05) is 39.4 Å². The minimum absolute atomic E-state index is 0.0978. The molecule has 0 saturated carbocycles. The molecule has 5 aromatic rings. The summed E-state index contributed by atoms with van der Waals surface area (Å²) in [6.45, 7) is 15.0. The minimum Gasteiger partial charge on any atom is -0.363 e. The number of para-hydroxylation sites is 2. The number of nitrogens with zero attached hydrogens (tertiary/aromatic N) is 4. The first kappa shape index (κ1) is 38.4. The van der Waals surface area contributed by atoms with E-state index in [1.165, 1.54) is 22.3 Å². The number of piperidine rings is 6. The number of benzene rings is 3. The van der Waals surface area contributed by atoms with Gasteiger partial charge in [-0.3, -0.25) is 9.97 Å². The van der Waals surface area contributed by atoms with Crippen LogP contribution in [0.25, 0.3) is 21.8 Å². The summed E-state index contributed by atoms with van der Waals surface area (Å²) in [6.07, 6.45) is 24.4. The predicted molar refractivity (Wildman–Crippen MR) is 233 cm³/mol. The normalized spacial score (nSPS) is 29.7. The highest BCUT2D eigenvalue weighted by Gasteiger charge is 2.56. The first-order valence-electron chi connectivity index (χ1n) is 21.3. The van der Waals surface area contributed by atoms with Crippen LogP contribution in [0.2, 0.25) is 0 Å². The highest BCUT2D eigenvalue weighted by atomic mass is 16.5. The van der Waals surface area contributed by atoms with Crippen LogP contribution in [0.5, 0.6) is 0 Å². The summed E-state index contributed by atoms with van der Waals surface area (Å²) in [5.74, 6) is 8.00. The molecule has 3 aromatic carbocycles. The SMILES string of the molecule is C#C[C@H]1C[N@+]2(Cc3ccc(C[N@@+]45CC[C@@H](C[C@H]4[C@H](OCC=C)c4ccnc6ccccc46)[C@@H](C#C)C5)cc3)CC[C@H]1C[C@H]2[C@H](OCC=C)c1ccnc2ccccc12. The second-order valence-corrected chi connectivity index (χ2v) is 17.6. The third-order valence-corrected chi connectivity index (χ3v) is 14.6. The first-order valence-corrected chi connectivity index (χ1v) is 21.3. The van der Waals surface area contributed by atoms with E-state index in [0.29, 0.717) is 25.0 Å². The summed E-state index contributed by atoms with van der Waals surface area (Å²) >= 11 is 0. The molecule has 6 aliphatic heterocycles. The van der Waals surface area contributed by atoms with E-state index in [1.807, 2.05) is 24.5 Å². The second kappa shape index (κ2) is 16.3. The van der Waals surface area contributed by atoms with Crippen molar-refractivity contribution in [3.05, 3.63) is 145 Å². The molecule has 11 rings (SSSR count). The Hall–Kier alpha value is -5.08. The number of aromatic nitrogens is 2. The first-order chi connectivity index (χ1) is 28.5. The number of rotatable bonds is 14. The van der Waals surface area contributed by atoms with Crippen molar-refractivity contribution in [3.8, 4) is 24.7 Å². The number of ether oxygens (including phenoxy) is 2. The Balaban J connectivity index is 1.03.